The number of hydrogen-bond donors (Lipinski definition) is 0. The van der Waals surface area contributed by atoms with Gasteiger partial charge in [0.2, 0.25) is 0 Å². The molecule has 9 rings (SSSR count). The van der Waals surface area contributed by atoms with E-state index in [-0.39, 0.29) is 0 Å². The third-order valence-corrected chi connectivity index (χ3v) is 8.90. The Kier molecular flexibility index (Phi) is 5.54. The van der Waals surface area contributed by atoms with Crippen molar-refractivity contribution in [3.05, 3.63) is 158 Å². The highest BCUT2D eigenvalue weighted by Gasteiger charge is 2.17. The predicted molar refractivity (Wildman–Crippen MR) is 185 cm³/mol. The maximum atomic E-state index is 4.82. The van der Waals surface area contributed by atoms with Crippen LogP contribution >= 0.6 is 0 Å². The van der Waals surface area contributed by atoms with Gasteiger partial charge in [-0.1, -0.05) is 121 Å². The first-order valence-corrected chi connectivity index (χ1v) is 15.0. The molecule has 0 saturated heterocycles. The number of hydrogen-bond acceptors (Lipinski definition) is 2. The average Bonchev–Trinajstić information content (AvgIpc) is 3.11. The number of pyridine rings is 2. The van der Waals surface area contributed by atoms with E-state index >= 15 is 0 Å². The van der Waals surface area contributed by atoms with E-state index in [1.807, 2.05) is 12.1 Å². The number of nitrogens with zero attached hydrogens (tertiary/aromatic N) is 2. The monoisotopic (exact) mass is 558 g/mol. The Balaban J connectivity index is 1.23. The van der Waals surface area contributed by atoms with E-state index in [1.54, 1.807) is 6.20 Å². The van der Waals surface area contributed by atoms with Gasteiger partial charge in [0.1, 0.15) is 0 Å². The Morgan fingerprint density at radius 3 is 1.61 bits per heavy atom. The minimum absolute atomic E-state index is 0.767. The fourth-order valence-corrected chi connectivity index (χ4v) is 6.72. The molecule has 2 aromatic heterocycles. The fourth-order valence-electron chi connectivity index (χ4n) is 6.72. The molecule has 0 spiro atoms. The Hall–Kier alpha value is -5.86. The molecule has 0 bridgehead atoms. The van der Waals surface area contributed by atoms with E-state index in [4.69, 9.17) is 4.98 Å². The van der Waals surface area contributed by atoms with Crippen LogP contribution in [0.25, 0.3) is 88.0 Å². The molecule has 0 aliphatic carbocycles. The number of benzene rings is 7. The second-order valence-corrected chi connectivity index (χ2v) is 11.4. The summed E-state index contributed by atoms with van der Waals surface area (Å²) in [5.74, 6) is 0. The average molecular weight is 559 g/mol. The van der Waals surface area contributed by atoms with E-state index in [9.17, 15) is 0 Å². The second-order valence-electron chi connectivity index (χ2n) is 11.4. The molecule has 0 amide bonds. The van der Waals surface area contributed by atoms with Crippen LogP contribution < -0.4 is 0 Å². The third kappa shape index (κ3) is 3.96. The van der Waals surface area contributed by atoms with Crippen molar-refractivity contribution in [2.24, 2.45) is 0 Å². The SMILES string of the molecule is c1ccc(-c2ccc(-c3cc(-c4ccc(-c5ccc6cccnc6n5)cc4)c4ccc5cccc6ccc3c4c65)cc2)cc1. The van der Waals surface area contributed by atoms with Gasteiger partial charge in [-0.2, -0.15) is 0 Å². The quantitative estimate of drug-likeness (QED) is 0.201. The Labute approximate surface area is 255 Å². The van der Waals surface area contributed by atoms with Gasteiger partial charge in [0.05, 0.1) is 5.69 Å². The highest BCUT2D eigenvalue weighted by molar-refractivity contribution is 6.28. The molecule has 2 nitrogen and oxygen atoms in total. The zero-order chi connectivity index (χ0) is 29.0. The van der Waals surface area contributed by atoms with Gasteiger partial charge in [0.25, 0.3) is 0 Å². The molecular weight excluding hydrogens is 532 g/mol. The maximum Gasteiger partial charge on any atom is 0.159 e. The topological polar surface area (TPSA) is 25.8 Å². The highest BCUT2D eigenvalue weighted by Crippen LogP contribution is 2.44. The molecule has 204 valence electrons. The number of aromatic nitrogens is 2. The minimum Gasteiger partial charge on any atom is -0.237 e. The van der Waals surface area contributed by atoms with Crippen LogP contribution in [0.1, 0.15) is 0 Å². The van der Waals surface area contributed by atoms with Crippen LogP contribution in [0.2, 0.25) is 0 Å². The highest BCUT2D eigenvalue weighted by atomic mass is 14.8. The van der Waals surface area contributed by atoms with Crippen LogP contribution in [0, 0.1) is 0 Å². The molecule has 9 aromatic rings. The van der Waals surface area contributed by atoms with Crippen molar-refractivity contribution in [3.8, 4) is 44.6 Å². The summed E-state index contributed by atoms with van der Waals surface area (Å²) in [6.07, 6.45) is 1.79. The normalized spacial score (nSPS) is 11.6. The van der Waals surface area contributed by atoms with E-state index in [0.717, 1.165) is 22.3 Å². The zero-order valence-electron chi connectivity index (χ0n) is 23.9. The van der Waals surface area contributed by atoms with Crippen LogP contribution in [0.4, 0.5) is 0 Å². The molecule has 0 aliphatic rings. The molecule has 0 unspecified atom stereocenters. The van der Waals surface area contributed by atoms with Crippen molar-refractivity contribution in [2.75, 3.05) is 0 Å². The van der Waals surface area contributed by atoms with E-state index in [0.29, 0.717) is 0 Å². The first kappa shape index (κ1) is 24.7. The molecule has 2 heteroatoms. The van der Waals surface area contributed by atoms with Crippen molar-refractivity contribution in [1.82, 2.24) is 9.97 Å². The molecule has 7 aromatic carbocycles. The summed E-state index contributed by atoms with van der Waals surface area (Å²) in [7, 11) is 0. The van der Waals surface area contributed by atoms with Crippen molar-refractivity contribution in [1.29, 1.82) is 0 Å². The lowest BCUT2D eigenvalue weighted by Crippen LogP contribution is -1.92. The van der Waals surface area contributed by atoms with Crippen molar-refractivity contribution in [2.45, 2.75) is 0 Å². The molecule has 0 N–H and O–H groups in total. The summed E-state index contributed by atoms with van der Waals surface area (Å²) in [5, 5.41) is 8.80. The fraction of sp³-hybridized carbons (Fsp3) is 0. The minimum atomic E-state index is 0.767. The van der Waals surface area contributed by atoms with Gasteiger partial charge < -0.3 is 0 Å². The lowest BCUT2D eigenvalue weighted by Gasteiger charge is -2.18. The van der Waals surface area contributed by atoms with E-state index in [2.05, 4.69) is 145 Å². The van der Waals surface area contributed by atoms with Gasteiger partial charge in [-0.15, -0.1) is 0 Å². The van der Waals surface area contributed by atoms with Gasteiger partial charge in [0.15, 0.2) is 5.65 Å². The van der Waals surface area contributed by atoms with Crippen molar-refractivity contribution in [3.63, 3.8) is 0 Å². The van der Waals surface area contributed by atoms with Gasteiger partial charge in [-0.3, -0.25) is 0 Å². The number of rotatable bonds is 4. The molecule has 0 saturated carbocycles. The lowest BCUT2D eigenvalue weighted by molar-refractivity contribution is 1.29. The first-order valence-electron chi connectivity index (χ1n) is 15.0. The maximum absolute atomic E-state index is 4.82. The van der Waals surface area contributed by atoms with E-state index < -0.39 is 0 Å². The van der Waals surface area contributed by atoms with Crippen LogP contribution in [0.3, 0.4) is 0 Å². The third-order valence-electron chi connectivity index (χ3n) is 8.90. The van der Waals surface area contributed by atoms with Gasteiger partial charge in [0, 0.05) is 17.1 Å². The summed E-state index contributed by atoms with van der Waals surface area (Å²) in [6, 6.07) is 54.7. The summed E-state index contributed by atoms with van der Waals surface area (Å²) < 4.78 is 0. The summed E-state index contributed by atoms with van der Waals surface area (Å²) in [4.78, 5) is 9.28. The van der Waals surface area contributed by atoms with Gasteiger partial charge in [-0.25, -0.2) is 9.97 Å². The van der Waals surface area contributed by atoms with Gasteiger partial charge in [-0.05, 0) is 96.0 Å². The standard InChI is InChI=1S/C42H26N2/c1-2-6-27(7-3-1)28-11-13-29(14-12-28)37-26-38(36-23-20-33-9-4-8-32-19-22-35(37)41(36)40(32)33)30-15-17-31(18-16-30)39-24-21-34-10-5-25-43-42(34)44-39/h1-26H. The summed E-state index contributed by atoms with van der Waals surface area (Å²) in [6.45, 7) is 0. The van der Waals surface area contributed by atoms with Crippen LogP contribution in [-0.2, 0) is 0 Å². The van der Waals surface area contributed by atoms with Gasteiger partial charge >= 0.3 is 0 Å². The van der Waals surface area contributed by atoms with Crippen molar-refractivity contribution >= 4 is 43.4 Å². The second kappa shape index (κ2) is 9.86. The molecule has 0 fully saturated rings. The molecule has 0 radical (unpaired) electrons. The Bertz CT molecular complexity index is 2440. The zero-order valence-corrected chi connectivity index (χ0v) is 23.9. The summed E-state index contributed by atoms with van der Waals surface area (Å²) in [5.41, 5.74) is 10.1. The molecule has 0 atom stereocenters. The molecule has 2 heterocycles. The molecule has 0 aliphatic heterocycles. The van der Waals surface area contributed by atoms with Crippen LogP contribution in [0.15, 0.2) is 158 Å². The van der Waals surface area contributed by atoms with E-state index in [1.165, 1.54) is 65.7 Å². The smallest absolute Gasteiger partial charge is 0.159 e. The lowest BCUT2D eigenvalue weighted by atomic mass is 9.85. The largest absolute Gasteiger partial charge is 0.237 e. The molecule has 44 heavy (non-hydrogen) atoms. The molecular formula is C42H26N2. The Morgan fingerprint density at radius 1 is 0.364 bits per heavy atom. The first-order chi connectivity index (χ1) is 21.8. The van der Waals surface area contributed by atoms with Crippen LogP contribution in [0.5, 0.6) is 0 Å². The van der Waals surface area contributed by atoms with Crippen LogP contribution in [-0.4, -0.2) is 9.97 Å². The predicted octanol–water partition coefficient (Wildman–Crippen LogP) is 11.2. The Morgan fingerprint density at radius 2 is 0.932 bits per heavy atom. The van der Waals surface area contributed by atoms with Crippen molar-refractivity contribution < 1.29 is 0 Å². The number of fused-ring (bicyclic) bond motifs is 1. The summed E-state index contributed by atoms with van der Waals surface area (Å²) >= 11 is 0.